The highest BCUT2D eigenvalue weighted by atomic mass is 32.2. The predicted molar refractivity (Wildman–Crippen MR) is 138 cm³/mol. The van der Waals surface area contributed by atoms with Gasteiger partial charge in [-0.15, -0.1) is 11.8 Å². The number of hydrogen-bond acceptors (Lipinski definition) is 8. The molecule has 1 N–H and O–H groups in total. The van der Waals surface area contributed by atoms with Gasteiger partial charge in [-0.2, -0.15) is 21.6 Å². The van der Waals surface area contributed by atoms with Crippen LogP contribution in [0.3, 0.4) is 0 Å². The molecule has 214 valence electrons. The van der Waals surface area contributed by atoms with E-state index in [9.17, 15) is 36.0 Å². The summed E-state index contributed by atoms with van der Waals surface area (Å²) in [5.74, 6) is -3.99. The van der Waals surface area contributed by atoms with Crippen LogP contribution < -0.4 is 5.32 Å². The number of hydrogen-bond donors (Lipinski definition) is 1. The van der Waals surface area contributed by atoms with E-state index in [1.807, 2.05) is 0 Å². The largest absolute Gasteiger partial charge is 0.534 e. The van der Waals surface area contributed by atoms with Gasteiger partial charge in [-0.05, 0) is 11.1 Å². The van der Waals surface area contributed by atoms with Crippen LogP contribution in [0.4, 0.5) is 13.2 Å². The minimum absolute atomic E-state index is 0.464. The molecule has 2 aliphatic rings. The maximum atomic E-state index is 13.6. The molecule has 40 heavy (non-hydrogen) atoms. The van der Waals surface area contributed by atoms with Gasteiger partial charge in [0, 0.05) is 5.41 Å². The van der Waals surface area contributed by atoms with Crippen molar-refractivity contribution in [1.29, 1.82) is 0 Å². The second kappa shape index (κ2) is 10.8. The Morgan fingerprint density at radius 1 is 1.00 bits per heavy atom. The van der Waals surface area contributed by atoms with Gasteiger partial charge >= 0.3 is 21.6 Å². The number of halogens is 3. The number of benzene rings is 2. The SMILES string of the molecule is CC(C)(C)C(=O)NC1C(=O)N2C(C(=O)OC(c3ccccc3)c3ccccc3)=C(OS(=O)(=O)C(F)(F)F)CS[C@H]12. The van der Waals surface area contributed by atoms with E-state index < -0.39 is 73.6 Å². The first-order chi connectivity index (χ1) is 18.6. The average molecular weight is 599 g/mol. The minimum Gasteiger partial charge on any atom is -0.448 e. The molecule has 2 atom stereocenters. The lowest BCUT2D eigenvalue weighted by atomic mass is 9.94. The summed E-state index contributed by atoms with van der Waals surface area (Å²) in [5, 5.41) is 1.67. The first kappa shape index (κ1) is 29.5. The molecule has 1 fully saturated rings. The number of nitrogens with one attached hydrogen (secondary N) is 1. The van der Waals surface area contributed by atoms with E-state index in [2.05, 4.69) is 9.50 Å². The monoisotopic (exact) mass is 598 g/mol. The second-order valence-electron chi connectivity index (χ2n) is 9.97. The van der Waals surface area contributed by atoms with Crippen LogP contribution in [0.15, 0.2) is 72.1 Å². The van der Waals surface area contributed by atoms with Crippen LogP contribution in [0.5, 0.6) is 0 Å². The summed E-state index contributed by atoms with van der Waals surface area (Å²) in [6.45, 7) is 4.88. The first-order valence-electron chi connectivity index (χ1n) is 11.9. The van der Waals surface area contributed by atoms with Crippen LogP contribution in [0, 0.1) is 5.41 Å². The summed E-state index contributed by atoms with van der Waals surface area (Å²) in [6.07, 6.45) is -1.05. The number of amides is 2. The number of thioether (sulfide) groups is 1. The highest BCUT2D eigenvalue weighted by Gasteiger charge is 2.57. The molecule has 0 aliphatic carbocycles. The van der Waals surface area contributed by atoms with Gasteiger partial charge < -0.3 is 14.2 Å². The van der Waals surface area contributed by atoms with Gasteiger partial charge in [-0.25, -0.2) is 4.79 Å². The number of carbonyl (C=O) groups is 3. The van der Waals surface area contributed by atoms with Crippen LogP contribution in [0.2, 0.25) is 0 Å². The van der Waals surface area contributed by atoms with Crippen LogP contribution >= 0.6 is 11.8 Å². The standard InChI is InChI=1S/C26H25F3N2O7S2/c1-25(2,3)24(34)30-18-21(32)31-19(17(14-39-22(18)31)38-40(35,36)26(27,28)29)23(33)37-20(15-10-6-4-7-11-15)16-12-8-5-9-13-16/h4-13,18,20,22H,14H2,1-3H3,(H,30,34)/t18?,22-/m1/s1. The van der Waals surface area contributed by atoms with Gasteiger partial charge in [0.1, 0.15) is 11.4 Å². The molecule has 0 radical (unpaired) electrons. The van der Waals surface area contributed by atoms with E-state index in [4.69, 9.17) is 4.74 Å². The van der Waals surface area contributed by atoms with Crippen molar-refractivity contribution in [1.82, 2.24) is 10.2 Å². The molecule has 2 aromatic rings. The quantitative estimate of drug-likeness (QED) is 0.221. The summed E-state index contributed by atoms with van der Waals surface area (Å²) in [5.41, 5.74) is -6.39. The maximum absolute atomic E-state index is 13.6. The van der Waals surface area contributed by atoms with Crippen molar-refractivity contribution in [2.24, 2.45) is 5.41 Å². The zero-order valence-electron chi connectivity index (χ0n) is 21.5. The van der Waals surface area contributed by atoms with Crippen molar-refractivity contribution < 1.29 is 44.9 Å². The van der Waals surface area contributed by atoms with Crippen molar-refractivity contribution in [3.05, 3.63) is 83.2 Å². The van der Waals surface area contributed by atoms with E-state index in [0.29, 0.717) is 11.1 Å². The zero-order chi connectivity index (χ0) is 29.5. The molecule has 0 saturated carbocycles. The summed E-state index contributed by atoms with van der Waals surface area (Å²) in [4.78, 5) is 40.0. The third-order valence-corrected chi connectivity index (χ3v) is 8.26. The zero-order valence-corrected chi connectivity index (χ0v) is 23.1. The van der Waals surface area contributed by atoms with E-state index in [1.165, 1.54) is 0 Å². The summed E-state index contributed by atoms with van der Waals surface area (Å²) >= 11 is 0.838. The Morgan fingerprint density at radius 3 is 2.00 bits per heavy atom. The molecule has 0 bridgehead atoms. The third-order valence-electron chi connectivity index (χ3n) is 6.02. The summed E-state index contributed by atoms with van der Waals surface area (Å²) in [7, 11) is -6.17. The van der Waals surface area contributed by atoms with Gasteiger partial charge in [-0.1, -0.05) is 81.4 Å². The Bertz CT molecular complexity index is 1400. The Balaban J connectivity index is 1.73. The first-order valence-corrected chi connectivity index (χ1v) is 14.4. The van der Waals surface area contributed by atoms with Gasteiger partial charge in [0.2, 0.25) is 5.91 Å². The Kier molecular flexibility index (Phi) is 7.96. The van der Waals surface area contributed by atoms with Gasteiger partial charge in [0.15, 0.2) is 17.6 Å². The number of ether oxygens (including phenoxy) is 1. The molecule has 0 spiro atoms. The van der Waals surface area contributed by atoms with Gasteiger partial charge in [-0.3, -0.25) is 14.5 Å². The lowest BCUT2D eigenvalue weighted by Crippen LogP contribution is -2.71. The van der Waals surface area contributed by atoms with Crippen molar-refractivity contribution in [2.75, 3.05) is 5.75 Å². The molecule has 2 amide bonds. The lowest BCUT2D eigenvalue weighted by molar-refractivity contribution is -0.155. The Labute approximate surface area is 232 Å². The fourth-order valence-corrected chi connectivity index (χ4v) is 5.75. The molecule has 14 heteroatoms. The van der Waals surface area contributed by atoms with Gasteiger partial charge in [0.05, 0.1) is 5.75 Å². The van der Waals surface area contributed by atoms with Crippen molar-refractivity contribution >= 4 is 39.7 Å². The molecule has 9 nitrogen and oxygen atoms in total. The maximum Gasteiger partial charge on any atom is 0.534 e. The number of nitrogens with zero attached hydrogens (tertiary/aromatic N) is 1. The third kappa shape index (κ3) is 5.82. The highest BCUT2D eigenvalue weighted by Crippen LogP contribution is 2.43. The van der Waals surface area contributed by atoms with E-state index in [-0.39, 0.29) is 0 Å². The van der Waals surface area contributed by atoms with Crippen LogP contribution in [-0.4, -0.2) is 53.8 Å². The Hall–Kier alpha value is -3.52. The normalized spacial score (nSPS) is 19.6. The molecule has 1 unspecified atom stereocenters. The molecule has 2 heterocycles. The molecule has 2 aromatic carbocycles. The predicted octanol–water partition coefficient (Wildman–Crippen LogP) is 3.84. The fourth-order valence-electron chi connectivity index (χ4n) is 3.93. The van der Waals surface area contributed by atoms with Gasteiger partial charge in [0.25, 0.3) is 5.91 Å². The fraction of sp³-hybridized carbons (Fsp3) is 0.346. The molecule has 2 aliphatic heterocycles. The topological polar surface area (TPSA) is 119 Å². The number of fused-ring (bicyclic) bond motifs is 1. The number of esters is 1. The smallest absolute Gasteiger partial charge is 0.448 e. The molecule has 0 aromatic heterocycles. The van der Waals surface area contributed by atoms with Crippen LogP contribution in [0.1, 0.15) is 38.0 Å². The van der Waals surface area contributed by atoms with E-state index in [1.54, 1.807) is 81.4 Å². The van der Waals surface area contributed by atoms with Crippen LogP contribution in [0.25, 0.3) is 0 Å². The molecule has 1 saturated heterocycles. The van der Waals surface area contributed by atoms with Crippen molar-refractivity contribution in [2.45, 2.75) is 43.8 Å². The molecular formula is C26H25F3N2O7S2. The van der Waals surface area contributed by atoms with Crippen molar-refractivity contribution in [3.8, 4) is 0 Å². The van der Waals surface area contributed by atoms with E-state index in [0.717, 1.165) is 16.7 Å². The minimum atomic E-state index is -6.17. The number of rotatable bonds is 7. The summed E-state index contributed by atoms with van der Waals surface area (Å²) in [6, 6.07) is 15.8. The average Bonchev–Trinajstić information content (AvgIpc) is 2.89. The Morgan fingerprint density at radius 2 is 1.52 bits per heavy atom. The van der Waals surface area contributed by atoms with Crippen molar-refractivity contribution in [3.63, 3.8) is 0 Å². The molecular weight excluding hydrogens is 573 g/mol. The van der Waals surface area contributed by atoms with E-state index >= 15 is 0 Å². The second-order valence-corrected chi connectivity index (χ2v) is 12.6. The summed E-state index contributed by atoms with van der Waals surface area (Å²) < 4.78 is 73.3. The number of alkyl halides is 3. The number of carbonyl (C=O) groups excluding carboxylic acids is 3. The van der Waals surface area contributed by atoms with Crippen LogP contribution in [-0.2, 0) is 33.4 Å². The number of β-lactam (4-membered cyclic amide) rings is 1. The lowest BCUT2D eigenvalue weighted by Gasteiger charge is -2.49. The highest BCUT2D eigenvalue weighted by molar-refractivity contribution is 8.00. The molecule has 4 rings (SSSR count).